The molecular weight excluding hydrogens is 404 g/mol. The van der Waals surface area contributed by atoms with Crippen LogP contribution in [0.25, 0.3) is 10.8 Å². The van der Waals surface area contributed by atoms with Crippen LogP contribution in [0.15, 0.2) is 106 Å². The fourth-order valence-electron chi connectivity index (χ4n) is 2.92. The molecule has 0 fully saturated rings. The molecular formula is C23H17ClN2O2S. The number of amidine groups is 1. The van der Waals surface area contributed by atoms with Gasteiger partial charge in [-0.25, -0.2) is 0 Å². The minimum absolute atomic E-state index is 0.131. The van der Waals surface area contributed by atoms with Crippen LogP contribution >= 0.6 is 11.6 Å². The summed E-state index contributed by atoms with van der Waals surface area (Å²) in [4.78, 5) is 0.131. The lowest BCUT2D eigenvalue weighted by atomic mass is 10.1. The Labute approximate surface area is 174 Å². The van der Waals surface area contributed by atoms with Crippen molar-refractivity contribution in [1.29, 1.82) is 0 Å². The van der Waals surface area contributed by atoms with E-state index in [9.17, 15) is 8.42 Å². The van der Waals surface area contributed by atoms with E-state index in [2.05, 4.69) is 9.71 Å². The third-order valence-corrected chi connectivity index (χ3v) is 5.93. The SMILES string of the molecule is O=S(=O)(N=C(Nc1ccc2ccccc2c1)c1ccc(Cl)cc1)c1ccccc1. The van der Waals surface area contributed by atoms with Crippen LogP contribution in [0.1, 0.15) is 5.56 Å². The molecule has 0 aliphatic carbocycles. The quantitative estimate of drug-likeness (QED) is 0.338. The van der Waals surface area contributed by atoms with Crippen molar-refractivity contribution >= 4 is 43.9 Å². The highest BCUT2D eigenvalue weighted by Gasteiger charge is 2.15. The number of rotatable bonds is 4. The number of sulfonamides is 1. The van der Waals surface area contributed by atoms with Crippen molar-refractivity contribution in [1.82, 2.24) is 0 Å². The van der Waals surface area contributed by atoms with Crippen LogP contribution in [0.5, 0.6) is 0 Å². The molecule has 4 aromatic carbocycles. The molecule has 0 saturated heterocycles. The lowest BCUT2D eigenvalue weighted by Crippen LogP contribution is -2.16. The van der Waals surface area contributed by atoms with Crippen molar-refractivity contribution in [2.75, 3.05) is 5.32 Å². The topological polar surface area (TPSA) is 58.5 Å². The van der Waals surface area contributed by atoms with Gasteiger partial charge in [-0.15, -0.1) is 4.40 Å². The van der Waals surface area contributed by atoms with Gasteiger partial charge in [0.2, 0.25) is 0 Å². The maximum absolute atomic E-state index is 12.8. The maximum atomic E-state index is 12.8. The van der Waals surface area contributed by atoms with Crippen LogP contribution in [0.4, 0.5) is 5.69 Å². The lowest BCUT2D eigenvalue weighted by Gasteiger charge is -2.12. The summed E-state index contributed by atoms with van der Waals surface area (Å²) >= 11 is 5.99. The molecule has 4 nitrogen and oxygen atoms in total. The normalized spacial score (nSPS) is 12.1. The van der Waals surface area contributed by atoms with Crippen LogP contribution in [-0.2, 0) is 10.0 Å². The molecule has 0 amide bonds. The zero-order valence-corrected chi connectivity index (χ0v) is 16.9. The zero-order valence-electron chi connectivity index (χ0n) is 15.3. The minimum Gasteiger partial charge on any atom is -0.339 e. The molecule has 0 radical (unpaired) electrons. The second kappa shape index (κ2) is 8.07. The van der Waals surface area contributed by atoms with E-state index in [0.717, 1.165) is 16.5 Å². The van der Waals surface area contributed by atoms with E-state index in [1.54, 1.807) is 42.5 Å². The molecule has 0 aliphatic heterocycles. The van der Waals surface area contributed by atoms with Crippen LogP contribution < -0.4 is 5.32 Å². The first-order chi connectivity index (χ1) is 14.0. The Kier molecular flexibility index (Phi) is 5.34. The van der Waals surface area contributed by atoms with Crippen LogP contribution in [0.3, 0.4) is 0 Å². The number of hydrogen-bond acceptors (Lipinski definition) is 2. The molecule has 0 unspecified atom stereocenters. The van der Waals surface area contributed by atoms with Gasteiger partial charge < -0.3 is 5.32 Å². The Balaban J connectivity index is 1.78. The molecule has 29 heavy (non-hydrogen) atoms. The van der Waals surface area contributed by atoms with E-state index in [1.807, 2.05) is 42.5 Å². The Morgan fingerprint density at radius 1 is 0.759 bits per heavy atom. The van der Waals surface area contributed by atoms with Crippen LogP contribution in [0.2, 0.25) is 5.02 Å². The number of halogens is 1. The summed E-state index contributed by atoms with van der Waals surface area (Å²) in [5, 5.41) is 5.86. The van der Waals surface area contributed by atoms with Crippen molar-refractivity contribution < 1.29 is 8.42 Å². The van der Waals surface area contributed by atoms with Gasteiger partial charge in [-0.3, -0.25) is 0 Å². The summed E-state index contributed by atoms with van der Waals surface area (Å²) in [6.45, 7) is 0. The predicted molar refractivity (Wildman–Crippen MR) is 119 cm³/mol. The molecule has 1 N–H and O–H groups in total. The molecule has 0 aliphatic rings. The van der Waals surface area contributed by atoms with Gasteiger partial charge in [0.15, 0.2) is 5.84 Å². The van der Waals surface area contributed by atoms with Gasteiger partial charge in [-0.1, -0.05) is 60.1 Å². The third kappa shape index (κ3) is 4.47. The summed E-state index contributed by atoms with van der Waals surface area (Å²) in [5.74, 6) is 0.223. The van der Waals surface area contributed by atoms with Gasteiger partial charge in [0.05, 0.1) is 4.90 Å². The number of hydrogen-bond donors (Lipinski definition) is 1. The molecule has 0 atom stereocenters. The monoisotopic (exact) mass is 420 g/mol. The molecule has 0 aromatic heterocycles. The maximum Gasteiger partial charge on any atom is 0.284 e. The molecule has 4 rings (SSSR count). The predicted octanol–water partition coefficient (Wildman–Crippen LogP) is 5.74. The molecule has 144 valence electrons. The summed E-state index contributed by atoms with van der Waals surface area (Å²) in [5.41, 5.74) is 1.35. The number of anilines is 1. The van der Waals surface area contributed by atoms with Crippen molar-refractivity contribution in [3.05, 3.63) is 108 Å². The van der Waals surface area contributed by atoms with E-state index >= 15 is 0 Å². The van der Waals surface area contributed by atoms with E-state index < -0.39 is 10.0 Å². The van der Waals surface area contributed by atoms with Crippen LogP contribution in [0, 0.1) is 0 Å². The van der Waals surface area contributed by atoms with E-state index in [-0.39, 0.29) is 10.7 Å². The highest BCUT2D eigenvalue weighted by atomic mass is 35.5. The van der Waals surface area contributed by atoms with Crippen molar-refractivity contribution in [2.24, 2.45) is 4.40 Å². The summed E-state index contributed by atoms with van der Waals surface area (Å²) < 4.78 is 29.8. The van der Waals surface area contributed by atoms with Crippen molar-refractivity contribution in [3.63, 3.8) is 0 Å². The van der Waals surface area contributed by atoms with E-state index in [1.165, 1.54) is 12.1 Å². The first kappa shape index (κ1) is 19.2. The Morgan fingerprint density at radius 2 is 1.41 bits per heavy atom. The average Bonchev–Trinajstić information content (AvgIpc) is 2.74. The summed E-state index contributed by atoms with van der Waals surface area (Å²) in [6.07, 6.45) is 0. The molecule has 0 heterocycles. The van der Waals surface area contributed by atoms with Gasteiger partial charge in [0.25, 0.3) is 10.0 Å². The number of nitrogens with one attached hydrogen (secondary N) is 1. The molecule has 4 aromatic rings. The van der Waals surface area contributed by atoms with Gasteiger partial charge in [0, 0.05) is 16.3 Å². The number of benzene rings is 4. The fraction of sp³-hybridized carbons (Fsp3) is 0. The van der Waals surface area contributed by atoms with Crippen molar-refractivity contribution in [2.45, 2.75) is 4.90 Å². The average molecular weight is 421 g/mol. The fourth-order valence-corrected chi connectivity index (χ4v) is 4.05. The van der Waals surface area contributed by atoms with Gasteiger partial charge in [0.1, 0.15) is 0 Å². The molecule has 0 bridgehead atoms. The van der Waals surface area contributed by atoms with Gasteiger partial charge in [-0.05, 0) is 59.3 Å². The minimum atomic E-state index is -3.89. The highest BCUT2D eigenvalue weighted by molar-refractivity contribution is 7.90. The largest absolute Gasteiger partial charge is 0.339 e. The summed E-state index contributed by atoms with van der Waals surface area (Å²) in [7, 11) is -3.89. The Bertz CT molecular complexity index is 1290. The van der Waals surface area contributed by atoms with Gasteiger partial charge in [-0.2, -0.15) is 8.42 Å². The summed E-state index contributed by atoms with van der Waals surface area (Å²) in [6, 6.07) is 28.8. The Hall–Kier alpha value is -3.15. The van der Waals surface area contributed by atoms with E-state index in [4.69, 9.17) is 11.6 Å². The Morgan fingerprint density at radius 3 is 2.14 bits per heavy atom. The number of nitrogens with zero attached hydrogens (tertiary/aromatic N) is 1. The first-order valence-electron chi connectivity index (χ1n) is 8.93. The van der Waals surface area contributed by atoms with Gasteiger partial charge >= 0.3 is 0 Å². The molecule has 0 spiro atoms. The second-order valence-electron chi connectivity index (χ2n) is 6.42. The standard InChI is InChI=1S/C23H17ClN2O2S/c24-20-13-10-18(11-14-20)23(26-29(27,28)22-8-2-1-3-9-22)25-21-15-12-17-6-4-5-7-19(17)16-21/h1-16H,(H,25,26). The van der Waals surface area contributed by atoms with E-state index in [0.29, 0.717) is 10.6 Å². The zero-order chi connectivity index (χ0) is 20.3. The first-order valence-corrected chi connectivity index (χ1v) is 10.7. The van der Waals surface area contributed by atoms with Crippen molar-refractivity contribution in [3.8, 4) is 0 Å². The lowest BCUT2D eigenvalue weighted by molar-refractivity contribution is 0.598. The molecule has 0 saturated carbocycles. The smallest absolute Gasteiger partial charge is 0.284 e. The highest BCUT2D eigenvalue weighted by Crippen LogP contribution is 2.21. The second-order valence-corrected chi connectivity index (χ2v) is 8.46. The molecule has 6 heteroatoms. The van der Waals surface area contributed by atoms with Crippen LogP contribution in [-0.4, -0.2) is 14.3 Å². The third-order valence-electron chi connectivity index (χ3n) is 4.38. The number of fused-ring (bicyclic) bond motifs is 1.